The van der Waals surface area contributed by atoms with Gasteiger partial charge >= 0.3 is 0 Å². The van der Waals surface area contributed by atoms with Crippen molar-refractivity contribution in [3.63, 3.8) is 0 Å². The van der Waals surface area contributed by atoms with Crippen LogP contribution in [0.1, 0.15) is 5.56 Å². The second kappa shape index (κ2) is 5.60. The summed E-state index contributed by atoms with van der Waals surface area (Å²) in [6.07, 6.45) is 0.959. The minimum absolute atomic E-state index is 0.588. The summed E-state index contributed by atoms with van der Waals surface area (Å²) in [4.78, 5) is 7.82. The van der Waals surface area contributed by atoms with Crippen LogP contribution in [0.15, 0.2) is 42.5 Å². The lowest BCUT2D eigenvalue weighted by atomic mass is 10.1. The maximum atomic E-state index is 5.59. The highest BCUT2D eigenvalue weighted by Gasteiger charge is 2.14. The first-order valence-electron chi connectivity index (χ1n) is 7.46. The van der Waals surface area contributed by atoms with Crippen molar-refractivity contribution >= 4 is 17.0 Å². The van der Waals surface area contributed by atoms with E-state index in [1.807, 2.05) is 18.2 Å². The molecular weight excluding hydrogens is 278 g/mol. The fourth-order valence-corrected chi connectivity index (χ4v) is 2.60. The topological polar surface area (TPSA) is 59.2 Å². The Morgan fingerprint density at radius 1 is 1.05 bits per heavy atom. The monoisotopic (exact) mass is 295 g/mol. The van der Waals surface area contributed by atoms with Gasteiger partial charge in [-0.1, -0.05) is 30.3 Å². The second-order valence-electron chi connectivity index (χ2n) is 5.26. The first-order chi connectivity index (χ1) is 10.9. The van der Waals surface area contributed by atoms with Gasteiger partial charge < -0.3 is 19.8 Å². The Morgan fingerprint density at radius 2 is 1.82 bits per heavy atom. The van der Waals surface area contributed by atoms with Gasteiger partial charge in [-0.15, -0.1) is 0 Å². The van der Waals surface area contributed by atoms with Gasteiger partial charge in [-0.2, -0.15) is 0 Å². The van der Waals surface area contributed by atoms with Crippen molar-refractivity contribution in [1.82, 2.24) is 9.97 Å². The summed E-state index contributed by atoms with van der Waals surface area (Å²) in [5.74, 6) is 2.31. The van der Waals surface area contributed by atoms with Crippen LogP contribution >= 0.6 is 0 Å². The lowest BCUT2D eigenvalue weighted by Crippen LogP contribution is -2.15. The van der Waals surface area contributed by atoms with Crippen molar-refractivity contribution in [2.75, 3.05) is 25.1 Å². The quantitative estimate of drug-likeness (QED) is 0.777. The number of hydrogen-bond donors (Lipinski definition) is 2. The normalized spacial score (nSPS) is 13.3. The van der Waals surface area contributed by atoms with Crippen molar-refractivity contribution < 1.29 is 9.47 Å². The molecule has 22 heavy (non-hydrogen) atoms. The van der Waals surface area contributed by atoms with Crippen molar-refractivity contribution in [2.45, 2.75) is 6.42 Å². The molecule has 1 aromatic heterocycles. The van der Waals surface area contributed by atoms with Crippen molar-refractivity contribution in [1.29, 1.82) is 0 Å². The van der Waals surface area contributed by atoms with Crippen LogP contribution in [0.2, 0.25) is 0 Å². The molecule has 0 amide bonds. The highest BCUT2D eigenvalue weighted by atomic mass is 16.6. The highest BCUT2D eigenvalue weighted by Crippen LogP contribution is 2.34. The van der Waals surface area contributed by atoms with Crippen LogP contribution < -0.4 is 14.8 Å². The third-order valence-electron chi connectivity index (χ3n) is 3.69. The number of imidazole rings is 1. The van der Waals surface area contributed by atoms with E-state index in [1.54, 1.807) is 0 Å². The molecule has 0 aliphatic carbocycles. The number of ether oxygens (including phenoxy) is 2. The summed E-state index contributed by atoms with van der Waals surface area (Å²) in [6.45, 7) is 2.01. The molecule has 0 unspecified atom stereocenters. The minimum Gasteiger partial charge on any atom is -0.486 e. The van der Waals surface area contributed by atoms with E-state index in [0.717, 1.165) is 41.4 Å². The molecule has 0 saturated heterocycles. The Bertz CT molecular complexity index is 740. The lowest BCUT2D eigenvalue weighted by molar-refractivity contribution is 0.172. The van der Waals surface area contributed by atoms with Crippen LogP contribution in [0.3, 0.4) is 0 Å². The molecule has 3 aromatic rings. The summed E-state index contributed by atoms with van der Waals surface area (Å²) in [6, 6.07) is 14.3. The fraction of sp³-hybridized carbons (Fsp3) is 0.235. The van der Waals surface area contributed by atoms with Gasteiger partial charge in [0.1, 0.15) is 13.2 Å². The smallest absolute Gasteiger partial charge is 0.201 e. The molecule has 0 fully saturated rings. The zero-order valence-electron chi connectivity index (χ0n) is 12.1. The first kappa shape index (κ1) is 13.0. The van der Waals surface area contributed by atoms with Gasteiger partial charge in [-0.25, -0.2) is 4.98 Å². The maximum absolute atomic E-state index is 5.59. The van der Waals surface area contributed by atoms with E-state index >= 15 is 0 Å². The SMILES string of the molecule is c1ccc(CCNc2nc3cc4c(cc3[nH]2)OCCO4)cc1. The average molecular weight is 295 g/mol. The zero-order chi connectivity index (χ0) is 14.8. The molecule has 0 bridgehead atoms. The Morgan fingerprint density at radius 3 is 2.64 bits per heavy atom. The summed E-state index contributed by atoms with van der Waals surface area (Å²) in [7, 11) is 0. The number of nitrogens with zero attached hydrogens (tertiary/aromatic N) is 1. The standard InChI is InChI=1S/C17H17N3O2/c1-2-4-12(5-3-1)6-7-18-17-19-13-10-15-16(11-14(13)20-17)22-9-8-21-15/h1-5,10-11H,6-9H2,(H2,18,19,20). The summed E-state index contributed by atoms with van der Waals surface area (Å²) >= 11 is 0. The van der Waals surface area contributed by atoms with Crippen molar-refractivity contribution in [2.24, 2.45) is 0 Å². The molecule has 4 rings (SSSR count). The molecule has 1 aliphatic rings. The summed E-state index contributed by atoms with van der Waals surface area (Å²) in [5, 5.41) is 3.32. The predicted molar refractivity (Wildman–Crippen MR) is 85.7 cm³/mol. The maximum Gasteiger partial charge on any atom is 0.201 e. The van der Waals surface area contributed by atoms with Gasteiger partial charge in [0.15, 0.2) is 11.5 Å². The van der Waals surface area contributed by atoms with E-state index < -0.39 is 0 Å². The zero-order valence-corrected chi connectivity index (χ0v) is 12.1. The molecule has 112 valence electrons. The van der Waals surface area contributed by atoms with Gasteiger partial charge in [0.05, 0.1) is 11.0 Å². The van der Waals surface area contributed by atoms with Crippen LogP contribution in [0.25, 0.3) is 11.0 Å². The van der Waals surface area contributed by atoms with E-state index in [2.05, 4.69) is 39.6 Å². The average Bonchev–Trinajstić information content (AvgIpc) is 2.95. The number of aromatic amines is 1. The second-order valence-corrected chi connectivity index (χ2v) is 5.26. The van der Waals surface area contributed by atoms with Gasteiger partial charge in [0.2, 0.25) is 5.95 Å². The third kappa shape index (κ3) is 2.57. The van der Waals surface area contributed by atoms with E-state index in [-0.39, 0.29) is 0 Å². The van der Waals surface area contributed by atoms with Crippen LogP contribution in [-0.2, 0) is 6.42 Å². The number of benzene rings is 2. The van der Waals surface area contributed by atoms with Gasteiger partial charge in [-0.05, 0) is 12.0 Å². The Kier molecular flexibility index (Phi) is 3.31. The third-order valence-corrected chi connectivity index (χ3v) is 3.69. The predicted octanol–water partition coefficient (Wildman–Crippen LogP) is 2.99. The number of nitrogens with one attached hydrogen (secondary N) is 2. The Labute approximate surface area is 128 Å². The molecule has 2 N–H and O–H groups in total. The van der Waals surface area contributed by atoms with E-state index in [9.17, 15) is 0 Å². The number of H-pyrrole nitrogens is 1. The molecule has 0 spiro atoms. The van der Waals surface area contributed by atoms with E-state index in [0.29, 0.717) is 13.2 Å². The van der Waals surface area contributed by atoms with Gasteiger partial charge in [0.25, 0.3) is 0 Å². The van der Waals surface area contributed by atoms with Crippen LogP contribution in [-0.4, -0.2) is 29.7 Å². The molecule has 0 radical (unpaired) electrons. The van der Waals surface area contributed by atoms with Gasteiger partial charge in [0, 0.05) is 18.7 Å². The number of anilines is 1. The number of fused-ring (bicyclic) bond motifs is 2. The largest absolute Gasteiger partial charge is 0.486 e. The Balaban J connectivity index is 1.48. The lowest BCUT2D eigenvalue weighted by Gasteiger charge is -2.17. The molecule has 2 aromatic carbocycles. The molecule has 0 saturated carbocycles. The minimum atomic E-state index is 0.588. The first-order valence-corrected chi connectivity index (χ1v) is 7.46. The van der Waals surface area contributed by atoms with Crippen molar-refractivity contribution in [3.05, 3.63) is 48.0 Å². The van der Waals surface area contributed by atoms with Crippen LogP contribution in [0.4, 0.5) is 5.95 Å². The van der Waals surface area contributed by atoms with Crippen LogP contribution in [0, 0.1) is 0 Å². The van der Waals surface area contributed by atoms with E-state index in [4.69, 9.17) is 9.47 Å². The molecule has 2 heterocycles. The van der Waals surface area contributed by atoms with E-state index in [1.165, 1.54) is 5.56 Å². The summed E-state index contributed by atoms with van der Waals surface area (Å²) < 4.78 is 11.2. The molecule has 5 heteroatoms. The highest BCUT2D eigenvalue weighted by molar-refractivity contribution is 5.81. The molecule has 5 nitrogen and oxygen atoms in total. The molecular formula is C17H17N3O2. The molecule has 1 aliphatic heterocycles. The molecule has 0 atom stereocenters. The number of rotatable bonds is 4. The Hall–Kier alpha value is -2.69. The number of hydrogen-bond acceptors (Lipinski definition) is 4. The van der Waals surface area contributed by atoms with Crippen molar-refractivity contribution in [3.8, 4) is 11.5 Å². The number of aromatic nitrogens is 2. The van der Waals surface area contributed by atoms with Gasteiger partial charge in [-0.3, -0.25) is 0 Å². The summed E-state index contributed by atoms with van der Waals surface area (Å²) in [5.41, 5.74) is 3.14. The van der Waals surface area contributed by atoms with Crippen LogP contribution in [0.5, 0.6) is 11.5 Å². The fourth-order valence-electron chi connectivity index (χ4n) is 2.60.